The molecule has 0 saturated heterocycles. The third-order valence-electron chi connectivity index (χ3n) is 3.14. The van der Waals surface area contributed by atoms with Crippen LogP contribution in [0.15, 0.2) is 35.5 Å². The highest BCUT2D eigenvalue weighted by Gasteiger charge is 2.07. The summed E-state index contributed by atoms with van der Waals surface area (Å²) < 4.78 is 1.55. The molecule has 0 bridgehead atoms. The molecule has 0 saturated carbocycles. The highest BCUT2D eigenvalue weighted by molar-refractivity contribution is 5.60. The van der Waals surface area contributed by atoms with Crippen molar-refractivity contribution in [1.82, 2.24) is 14.5 Å². The summed E-state index contributed by atoms with van der Waals surface area (Å²) in [7, 11) is 1.74. The third-order valence-corrected chi connectivity index (χ3v) is 3.14. The first-order chi connectivity index (χ1) is 8.61. The fraction of sp³-hybridized carbons (Fsp3) is 0.357. The van der Waals surface area contributed by atoms with E-state index < -0.39 is 0 Å². The van der Waals surface area contributed by atoms with E-state index in [0.29, 0.717) is 5.92 Å². The maximum Gasteiger partial charge on any atom is 0.250 e. The van der Waals surface area contributed by atoms with E-state index in [1.54, 1.807) is 29.9 Å². The van der Waals surface area contributed by atoms with Gasteiger partial charge < -0.3 is 4.57 Å². The van der Waals surface area contributed by atoms with E-state index >= 15 is 0 Å². The van der Waals surface area contributed by atoms with Crippen LogP contribution < -0.4 is 5.56 Å². The molecule has 0 spiro atoms. The van der Waals surface area contributed by atoms with Crippen LogP contribution in [-0.2, 0) is 7.05 Å². The Bertz CT molecular complexity index is 587. The Kier molecular flexibility index (Phi) is 3.55. The quantitative estimate of drug-likeness (QED) is 0.831. The van der Waals surface area contributed by atoms with Crippen molar-refractivity contribution in [3.63, 3.8) is 0 Å². The van der Waals surface area contributed by atoms with Crippen molar-refractivity contribution in [3.05, 3.63) is 46.9 Å². The molecule has 2 aromatic rings. The van der Waals surface area contributed by atoms with Crippen LogP contribution in [0.1, 0.15) is 32.0 Å². The highest BCUT2D eigenvalue weighted by Crippen LogP contribution is 2.18. The van der Waals surface area contributed by atoms with E-state index in [2.05, 4.69) is 23.8 Å². The predicted octanol–water partition coefficient (Wildman–Crippen LogP) is 2.36. The molecule has 0 aliphatic heterocycles. The molecule has 4 heteroatoms. The maximum absolute atomic E-state index is 11.3. The zero-order valence-electron chi connectivity index (χ0n) is 10.9. The van der Waals surface area contributed by atoms with Gasteiger partial charge in [-0.1, -0.05) is 13.8 Å². The molecule has 2 aromatic heterocycles. The second kappa shape index (κ2) is 5.12. The zero-order chi connectivity index (χ0) is 13.1. The van der Waals surface area contributed by atoms with Crippen molar-refractivity contribution >= 4 is 0 Å². The van der Waals surface area contributed by atoms with E-state index in [9.17, 15) is 4.79 Å². The average molecular weight is 243 g/mol. The first-order valence-electron chi connectivity index (χ1n) is 6.10. The van der Waals surface area contributed by atoms with Crippen LogP contribution in [0.2, 0.25) is 0 Å². The van der Waals surface area contributed by atoms with E-state index in [0.717, 1.165) is 23.4 Å². The van der Waals surface area contributed by atoms with Gasteiger partial charge in [-0.2, -0.15) is 0 Å². The maximum atomic E-state index is 11.3. The number of aromatic nitrogens is 3. The van der Waals surface area contributed by atoms with Gasteiger partial charge in [0.1, 0.15) is 5.82 Å². The molecule has 0 fully saturated rings. The van der Waals surface area contributed by atoms with Crippen LogP contribution in [0.25, 0.3) is 11.1 Å². The lowest BCUT2D eigenvalue weighted by Crippen LogP contribution is -2.14. The van der Waals surface area contributed by atoms with Gasteiger partial charge in [-0.15, -0.1) is 0 Å². The van der Waals surface area contributed by atoms with Crippen molar-refractivity contribution < 1.29 is 0 Å². The van der Waals surface area contributed by atoms with Gasteiger partial charge in [-0.05, 0) is 12.5 Å². The van der Waals surface area contributed by atoms with Crippen molar-refractivity contribution in [2.75, 3.05) is 0 Å². The number of hydrogen-bond donors (Lipinski definition) is 0. The fourth-order valence-corrected chi connectivity index (χ4v) is 1.69. The Hall–Kier alpha value is -1.97. The lowest BCUT2D eigenvalue weighted by Gasteiger charge is -2.08. The van der Waals surface area contributed by atoms with Crippen molar-refractivity contribution in [1.29, 1.82) is 0 Å². The largest absolute Gasteiger partial charge is 0.318 e. The van der Waals surface area contributed by atoms with Crippen LogP contribution in [0.3, 0.4) is 0 Å². The molecule has 94 valence electrons. The van der Waals surface area contributed by atoms with Gasteiger partial charge in [0.2, 0.25) is 5.56 Å². The topological polar surface area (TPSA) is 47.8 Å². The lowest BCUT2D eigenvalue weighted by molar-refractivity contribution is 0.678. The van der Waals surface area contributed by atoms with Gasteiger partial charge in [0.15, 0.2) is 0 Å². The number of nitrogens with zero attached hydrogens (tertiary/aromatic N) is 3. The molecule has 0 radical (unpaired) electrons. The first kappa shape index (κ1) is 12.5. The smallest absolute Gasteiger partial charge is 0.250 e. The molecule has 0 aliphatic carbocycles. The minimum Gasteiger partial charge on any atom is -0.318 e. The molecule has 2 heterocycles. The second-order valence-electron chi connectivity index (χ2n) is 4.51. The standard InChI is InChI=1S/C14H17N3O/c1-4-10(2)14-15-7-12(8-16-14)11-5-6-13(18)17(3)9-11/h5-10H,4H2,1-3H3. The number of rotatable bonds is 3. The normalized spacial score (nSPS) is 12.4. The summed E-state index contributed by atoms with van der Waals surface area (Å²) in [6.45, 7) is 4.23. The summed E-state index contributed by atoms with van der Waals surface area (Å²) in [5.41, 5.74) is 1.86. The van der Waals surface area contributed by atoms with Crippen molar-refractivity contribution in [2.24, 2.45) is 7.05 Å². The third kappa shape index (κ3) is 2.47. The van der Waals surface area contributed by atoms with E-state index in [1.807, 2.05) is 12.4 Å². The second-order valence-corrected chi connectivity index (χ2v) is 4.51. The summed E-state index contributed by atoms with van der Waals surface area (Å²) in [5, 5.41) is 0. The Balaban J connectivity index is 2.34. The van der Waals surface area contributed by atoms with Crippen LogP contribution in [-0.4, -0.2) is 14.5 Å². The minimum absolute atomic E-state index is 0.0177. The predicted molar refractivity (Wildman–Crippen MR) is 71.4 cm³/mol. The van der Waals surface area contributed by atoms with Gasteiger partial charge in [0.25, 0.3) is 0 Å². The molecular formula is C14H17N3O. The summed E-state index contributed by atoms with van der Waals surface area (Å²) in [6.07, 6.45) is 6.45. The SMILES string of the molecule is CCC(C)c1ncc(-c2ccc(=O)n(C)c2)cn1. The molecule has 1 atom stereocenters. The Morgan fingerprint density at radius 3 is 2.44 bits per heavy atom. The van der Waals surface area contributed by atoms with Gasteiger partial charge in [-0.3, -0.25) is 4.79 Å². The first-order valence-corrected chi connectivity index (χ1v) is 6.10. The lowest BCUT2D eigenvalue weighted by atomic mass is 10.1. The zero-order valence-corrected chi connectivity index (χ0v) is 10.9. The van der Waals surface area contributed by atoms with Crippen LogP contribution in [0.5, 0.6) is 0 Å². The van der Waals surface area contributed by atoms with Crippen LogP contribution in [0, 0.1) is 0 Å². The van der Waals surface area contributed by atoms with Crippen molar-refractivity contribution in [2.45, 2.75) is 26.2 Å². The molecule has 0 aliphatic rings. The molecule has 0 aromatic carbocycles. The van der Waals surface area contributed by atoms with Crippen LogP contribution in [0.4, 0.5) is 0 Å². The monoisotopic (exact) mass is 243 g/mol. The molecule has 18 heavy (non-hydrogen) atoms. The van der Waals surface area contributed by atoms with Crippen molar-refractivity contribution in [3.8, 4) is 11.1 Å². The van der Waals surface area contributed by atoms with E-state index in [1.165, 1.54) is 0 Å². The molecule has 2 rings (SSSR count). The average Bonchev–Trinajstić information content (AvgIpc) is 2.41. The number of hydrogen-bond acceptors (Lipinski definition) is 3. The Morgan fingerprint density at radius 1 is 1.22 bits per heavy atom. The van der Waals surface area contributed by atoms with E-state index in [4.69, 9.17) is 0 Å². The highest BCUT2D eigenvalue weighted by atomic mass is 16.1. The molecule has 4 nitrogen and oxygen atoms in total. The van der Waals surface area contributed by atoms with Gasteiger partial charge >= 0.3 is 0 Å². The van der Waals surface area contributed by atoms with E-state index in [-0.39, 0.29) is 5.56 Å². The van der Waals surface area contributed by atoms with Crippen LogP contribution >= 0.6 is 0 Å². The molecule has 0 N–H and O–H groups in total. The van der Waals surface area contributed by atoms with Gasteiger partial charge in [0.05, 0.1) is 0 Å². The molecular weight excluding hydrogens is 226 g/mol. The summed E-state index contributed by atoms with van der Waals surface area (Å²) in [6, 6.07) is 3.35. The summed E-state index contributed by atoms with van der Waals surface area (Å²) in [4.78, 5) is 20.1. The number of aryl methyl sites for hydroxylation is 1. The fourth-order valence-electron chi connectivity index (χ4n) is 1.69. The molecule has 0 amide bonds. The minimum atomic E-state index is -0.0177. The van der Waals surface area contributed by atoms with Gasteiger partial charge in [-0.25, -0.2) is 9.97 Å². The summed E-state index contributed by atoms with van der Waals surface area (Å²) in [5.74, 6) is 1.24. The van der Waals surface area contributed by atoms with Gasteiger partial charge in [0, 0.05) is 48.7 Å². The molecule has 1 unspecified atom stereocenters. The Morgan fingerprint density at radius 2 is 1.89 bits per heavy atom. The summed E-state index contributed by atoms with van der Waals surface area (Å²) >= 11 is 0. The Labute approximate surface area is 106 Å². The number of pyridine rings is 1.